The summed E-state index contributed by atoms with van der Waals surface area (Å²) in [5.41, 5.74) is -0.924. The first kappa shape index (κ1) is 8.72. The number of halogens is 1. The highest BCUT2D eigenvalue weighted by Crippen LogP contribution is 2.12. The van der Waals surface area contributed by atoms with Gasteiger partial charge in [-0.1, -0.05) is 0 Å². The molecule has 0 bridgehead atoms. The van der Waals surface area contributed by atoms with Gasteiger partial charge in [0.25, 0.3) is 0 Å². The molecule has 0 saturated carbocycles. The van der Waals surface area contributed by atoms with E-state index >= 15 is 0 Å². The van der Waals surface area contributed by atoms with E-state index in [2.05, 4.69) is 4.98 Å². The van der Waals surface area contributed by atoms with Gasteiger partial charge in [0.1, 0.15) is 17.4 Å². The van der Waals surface area contributed by atoms with Crippen LogP contribution in [0.25, 0.3) is 0 Å². The maximum atomic E-state index is 13.1. The van der Waals surface area contributed by atoms with Crippen LogP contribution < -0.4 is 0 Å². The summed E-state index contributed by atoms with van der Waals surface area (Å²) in [5, 5.41) is 8.57. The number of hydrogen-bond acceptors (Lipinski definition) is 2. The second-order valence-corrected chi connectivity index (χ2v) is 3.24. The molecule has 0 N–H and O–H groups in total. The molecule has 3 nitrogen and oxygen atoms in total. The third kappa shape index (κ3) is 2.06. The fourth-order valence-corrected chi connectivity index (χ4v) is 0.945. The van der Waals surface area contributed by atoms with Crippen molar-refractivity contribution in [2.24, 2.45) is 0 Å². The topological polar surface area (TPSA) is 41.6 Å². The molecular formula is C8H10FN3. The smallest absolute Gasteiger partial charge is 0.139 e. The number of hydrogen-bond donors (Lipinski definition) is 0. The van der Waals surface area contributed by atoms with Gasteiger partial charge in [0, 0.05) is 0 Å². The third-order valence-electron chi connectivity index (χ3n) is 1.37. The van der Waals surface area contributed by atoms with Gasteiger partial charge in [0.2, 0.25) is 0 Å². The van der Waals surface area contributed by atoms with Crippen LogP contribution in [0.1, 0.15) is 19.5 Å². The summed E-state index contributed by atoms with van der Waals surface area (Å²) < 4.78 is 14.6. The second kappa shape index (κ2) is 2.94. The third-order valence-corrected chi connectivity index (χ3v) is 1.37. The summed E-state index contributed by atoms with van der Waals surface area (Å²) in [6.07, 6.45) is 2.88. The standard InChI is InChI=1S/C8H10FN3/c1-8(2,9)5-12-6-11-4-7(12)3-10/h4,6H,5H2,1-2H3. The minimum Gasteiger partial charge on any atom is -0.319 e. The SMILES string of the molecule is CC(C)(F)Cn1cncc1C#N. The van der Waals surface area contributed by atoms with Gasteiger partial charge in [-0.25, -0.2) is 9.37 Å². The highest BCUT2D eigenvalue weighted by molar-refractivity contribution is 5.17. The van der Waals surface area contributed by atoms with Gasteiger partial charge in [-0.15, -0.1) is 0 Å². The molecule has 12 heavy (non-hydrogen) atoms. The van der Waals surface area contributed by atoms with Crippen molar-refractivity contribution in [3.63, 3.8) is 0 Å². The van der Waals surface area contributed by atoms with Crippen molar-refractivity contribution in [3.05, 3.63) is 18.2 Å². The Labute approximate surface area is 70.5 Å². The van der Waals surface area contributed by atoms with Crippen LogP contribution in [-0.4, -0.2) is 15.2 Å². The lowest BCUT2D eigenvalue weighted by Crippen LogP contribution is -2.21. The molecule has 0 aliphatic rings. The van der Waals surface area contributed by atoms with E-state index in [-0.39, 0.29) is 6.54 Å². The average Bonchev–Trinajstić information content (AvgIpc) is 2.31. The second-order valence-electron chi connectivity index (χ2n) is 3.24. The molecule has 0 aliphatic heterocycles. The van der Waals surface area contributed by atoms with Crippen molar-refractivity contribution in [1.29, 1.82) is 5.26 Å². The van der Waals surface area contributed by atoms with Crippen LogP contribution >= 0.6 is 0 Å². The Morgan fingerprint density at radius 2 is 2.42 bits per heavy atom. The molecule has 64 valence electrons. The lowest BCUT2D eigenvalue weighted by Gasteiger charge is -2.14. The molecule has 1 rings (SSSR count). The fraction of sp³-hybridized carbons (Fsp3) is 0.500. The largest absolute Gasteiger partial charge is 0.319 e. The van der Waals surface area contributed by atoms with Crippen LogP contribution in [0.3, 0.4) is 0 Å². The van der Waals surface area contributed by atoms with Crippen LogP contribution in [0, 0.1) is 11.3 Å². The zero-order chi connectivity index (χ0) is 9.19. The fourth-order valence-electron chi connectivity index (χ4n) is 0.945. The predicted molar refractivity (Wildman–Crippen MR) is 42.1 cm³/mol. The number of aromatic nitrogens is 2. The quantitative estimate of drug-likeness (QED) is 0.669. The first-order valence-corrected chi connectivity index (χ1v) is 3.62. The van der Waals surface area contributed by atoms with Crippen LogP contribution in [0.5, 0.6) is 0 Å². The van der Waals surface area contributed by atoms with E-state index < -0.39 is 5.67 Å². The van der Waals surface area contributed by atoms with Gasteiger partial charge < -0.3 is 4.57 Å². The molecule has 1 aromatic rings. The molecule has 0 aliphatic carbocycles. The Hall–Kier alpha value is -1.37. The van der Waals surface area contributed by atoms with Gasteiger partial charge in [0.15, 0.2) is 0 Å². The number of nitriles is 1. The molecule has 4 heteroatoms. The molecule has 0 unspecified atom stereocenters. The minimum atomic E-state index is -1.31. The van der Waals surface area contributed by atoms with Crippen LogP contribution in [0.15, 0.2) is 12.5 Å². The molecule has 0 amide bonds. The number of imidazole rings is 1. The van der Waals surface area contributed by atoms with Crippen molar-refractivity contribution < 1.29 is 4.39 Å². The maximum Gasteiger partial charge on any atom is 0.139 e. The van der Waals surface area contributed by atoms with E-state index in [9.17, 15) is 4.39 Å². The Morgan fingerprint density at radius 3 is 2.92 bits per heavy atom. The summed E-state index contributed by atoms with van der Waals surface area (Å²) >= 11 is 0. The van der Waals surface area contributed by atoms with Gasteiger partial charge in [-0.3, -0.25) is 0 Å². The molecule has 0 spiro atoms. The zero-order valence-electron chi connectivity index (χ0n) is 7.08. The summed E-state index contributed by atoms with van der Waals surface area (Å²) in [7, 11) is 0. The summed E-state index contributed by atoms with van der Waals surface area (Å²) in [4.78, 5) is 3.75. The molecule has 0 fully saturated rings. The van der Waals surface area contributed by atoms with Crippen LogP contribution in [-0.2, 0) is 6.54 Å². The number of rotatable bonds is 2. The zero-order valence-corrected chi connectivity index (χ0v) is 7.08. The van der Waals surface area contributed by atoms with Gasteiger partial charge in [0.05, 0.1) is 19.1 Å². The van der Waals surface area contributed by atoms with Gasteiger partial charge in [-0.05, 0) is 13.8 Å². The van der Waals surface area contributed by atoms with E-state index in [1.54, 1.807) is 0 Å². The summed E-state index contributed by atoms with van der Waals surface area (Å²) in [5.74, 6) is 0. The number of alkyl halides is 1. The Kier molecular flexibility index (Phi) is 2.13. The molecule has 1 heterocycles. The van der Waals surface area contributed by atoms with Crippen molar-refractivity contribution in [3.8, 4) is 6.07 Å². The summed E-state index contributed by atoms with van der Waals surface area (Å²) in [6.45, 7) is 3.10. The highest BCUT2D eigenvalue weighted by atomic mass is 19.1. The lowest BCUT2D eigenvalue weighted by atomic mass is 10.2. The first-order chi connectivity index (χ1) is 5.53. The highest BCUT2D eigenvalue weighted by Gasteiger charge is 2.17. The van der Waals surface area contributed by atoms with Crippen molar-refractivity contribution in [1.82, 2.24) is 9.55 Å². The van der Waals surface area contributed by atoms with Crippen LogP contribution in [0.2, 0.25) is 0 Å². The molecular weight excluding hydrogens is 157 g/mol. The Balaban J connectivity index is 2.84. The van der Waals surface area contributed by atoms with E-state index in [1.807, 2.05) is 6.07 Å². The van der Waals surface area contributed by atoms with E-state index in [0.717, 1.165) is 0 Å². The van der Waals surface area contributed by atoms with Crippen molar-refractivity contribution >= 4 is 0 Å². The first-order valence-electron chi connectivity index (χ1n) is 3.62. The van der Waals surface area contributed by atoms with E-state index in [0.29, 0.717) is 5.69 Å². The normalized spacial score (nSPS) is 11.2. The van der Waals surface area contributed by atoms with Gasteiger partial charge >= 0.3 is 0 Å². The molecule has 1 aromatic heterocycles. The monoisotopic (exact) mass is 167 g/mol. The molecule has 0 radical (unpaired) electrons. The minimum absolute atomic E-state index is 0.163. The van der Waals surface area contributed by atoms with Crippen LogP contribution in [0.4, 0.5) is 4.39 Å². The Bertz CT molecular complexity index is 303. The van der Waals surface area contributed by atoms with E-state index in [1.165, 1.54) is 30.9 Å². The van der Waals surface area contributed by atoms with Crippen molar-refractivity contribution in [2.45, 2.75) is 26.1 Å². The molecule has 0 saturated heterocycles. The van der Waals surface area contributed by atoms with Gasteiger partial charge in [-0.2, -0.15) is 5.26 Å². The average molecular weight is 167 g/mol. The lowest BCUT2D eigenvalue weighted by molar-refractivity contribution is 0.186. The number of nitrogens with zero attached hydrogens (tertiary/aromatic N) is 3. The maximum absolute atomic E-state index is 13.1. The molecule has 0 atom stereocenters. The summed E-state index contributed by atoms with van der Waals surface area (Å²) in [6, 6.07) is 1.93. The molecule has 0 aromatic carbocycles. The Morgan fingerprint density at radius 1 is 1.75 bits per heavy atom. The predicted octanol–water partition coefficient (Wildman–Crippen LogP) is 1.50. The van der Waals surface area contributed by atoms with E-state index in [4.69, 9.17) is 5.26 Å². The van der Waals surface area contributed by atoms with Crippen molar-refractivity contribution in [2.75, 3.05) is 0 Å².